The molecule has 2 heterocycles. The van der Waals surface area contributed by atoms with Gasteiger partial charge in [0.15, 0.2) is 0 Å². The molecule has 1 aliphatic rings. The molecule has 1 unspecified atom stereocenters. The molecular weight excluding hydrogens is 426 g/mol. The van der Waals surface area contributed by atoms with Crippen molar-refractivity contribution in [3.05, 3.63) is 83.7 Å². The number of aromatic nitrogens is 2. The number of hydrogen-bond donors (Lipinski definition) is 0. The predicted molar refractivity (Wildman–Crippen MR) is 134 cm³/mol. The minimum absolute atomic E-state index is 0.0247. The SMILES string of the molecule is COc1cccc(OCCn2c(C3CC(=O)N(c4cc(C)ccc4C)C3)nc3ccccc32)c1. The second-order valence-corrected chi connectivity index (χ2v) is 8.83. The van der Waals surface area contributed by atoms with Crippen molar-refractivity contribution in [2.75, 3.05) is 25.2 Å². The molecule has 0 radical (unpaired) electrons. The second kappa shape index (κ2) is 9.21. The topological polar surface area (TPSA) is 56.6 Å². The molecular formula is C28H29N3O3. The third-order valence-electron chi connectivity index (χ3n) is 6.45. The maximum Gasteiger partial charge on any atom is 0.227 e. The van der Waals surface area contributed by atoms with E-state index in [4.69, 9.17) is 14.5 Å². The van der Waals surface area contributed by atoms with Gasteiger partial charge in [0.05, 0.1) is 24.7 Å². The van der Waals surface area contributed by atoms with E-state index in [0.29, 0.717) is 26.1 Å². The van der Waals surface area contributed by atoms with E-state index < -0.39 is 0 Å². The van der Waals surface area contributed by atoms with E-state index in [1.54, 1.807) is 7.11 Å². The molecule has 3 aromatic carbocycles. The van der Waals surface area contributed by atoms with E-state index in [1.165, 1.54) is 0 Å². The molecule has 34 heavy (non-hydrogen) atoms. The van der Waals surface area contributed by atoms with Crippen molar-refractivity contribution in [2.45, 2.75) is 32.7 Å². The first-order valence-corrected chi connectivity index (χ1v) is 11.6. The number of para-hydroxylation sites is 2. The summed E-state index contributed by atoms with van der Waals surface area (Å²) in [5, 5.41) is 0. The molecule has 0 N–H and O–H groups in total. The first kappa shape index (κ1) is 22.0. The van der Waals surface area contributed by atoms with E-state index >= 15 is 0 Å². The normalized spacial score (nSPS) is 15.8. The van der Waals surface area contributed by atoms with Crippen LogP contribution in [0.2, 0.25) is 0 Å². The van der Waals surface area contributed by atoms with Gasteiger partial charge in [0.2, 0.25) is 5.91 Å². The average molecular weight is 456 g/mol. The fraction of sp³-hybridized carbons (Fsp3) is 0.286. The lowest BCUT2D eigenvalue weighted by Gasteiger charge is -2.20. The van der Waals surface area contributed by atoms with Crippen LogP contribution < -0.4 is 14.4 Å². The molecule has 6 heteroatoms. The lowest BCUT2D eigenvalue weighted by atomic mass is 10.1. The van der Waals surface area contributed by atoms with Crippen LogP contribution in [0.5, 0.6) is 11.5 Å². The number of hydrogen-bond acceptors (Lipinski definition) is 4. The van der Waals surface area contributed by atoms with Crippen LogP contribution >= 0.6 is 0 Å². The predicted octanol–water partition coefficient (Wildman–Crippen LogP) is 5.26. The Morgan fingerprint density at radius 2 is 1.82 bits per heavy atom. The van der Waals surface area contributed by atoms with Crippen molar-refractivity contribution in [1.29, 1.82) is 0 Å². The highest BCUT2D eigenvalue weighted by molar-refractivity contribution is 5.97. The monoisotopic (exact) mass is 455 g/mol. The number of fused-ring (bicyclic) bond motifs is 1. The van der Waals surface area contributed by atoms with Crippen molar-refractivity contribution >= 4 is 22.6 Å². The number of ether oxygens (including phenoxy) is 2. The molecule has 174 valence electrons. The lowest BCUT2D eigenvalue weighted by molar-refractivity contribution is -0.117. The van der Waals surface area contributed by atoms with E-state index in [1.807, 2.05) is 47.4 Å². The maximum absolute atomic E-state index is 13.1. The molecule has 0 bridgehead atoms. The summed E-state index contributed by atoms with van der Waals surface area (Å²) >= 11 is 0. The quantitative estimate of drug-likeness (QED) is 0.381. The van der Waals surface area contributed by atoms with Crippen molar-refractivity contribution in [3.63, 3.8) is 0 Å². The van der Waals surface area contributed by atoms with Crippen LogP contribution in [0.3, 0.4) is 0 Å². The van der Waals surface area contributed by atoms with Gasteiger partial charge in [-0.25, -0.2) is 4.98 Å². The Morgan fingerprint density at radius 1 is 1.00 bits per heavy atom. The van der Waals surface area contributed by atoms with Gasteiger partial charge in [-0.2, -0.15) is 0 Å². The number of carbonyl (C=O) groups excluding carboxylic acids is 1. The molecule has 0 aliphatic carbocycles. The van der Waals surface area contributed by atoms with Gasteiger partial charge in [0, 0.05) is 30.6 Å². The molecule has 1 aromatic heterocycles. The molecule has 6 nitrogen and oxygen atoms in total. The van der Waals surface area contributed by atoms with Crippen LogP contribution in [-0.2, 0) is 11.3 Å². The first-order valence-electron chi connectivity index (χ1n) is 11.6. The third kappa shape index (κ3) is 4.23. The molecule has 4 aromatic rings. The Balaban J connectivity index is 1.40. The van der Waals surface area contributed by atoms with Crippen LogP contribution in [-0.4, -0.2) is 35.7 Å². The van der Waals surface area contributed by atoms with Crippen LogP contribution in [0.25, 0.3) is 11.0 Å². The fourth-order valence-electron chi connectivity index (χ4n) is 4.71. The minimum atomic E-state index is 0.0247. The number of imidazole rings is 1. The smallest absolute Gasteiger partial charge is 0.227 e. The summed E-state index contributed by atoms with van der Waals surface area (Å²) in [5.41, 5.74) is 5.26. The van der Waals surface area contributed by atoms with Gasteiger partial charge in [-0.1, -0.05) is 30.3 Å². The minimum Gasteiger partial charge on any atom is -0.497 e. The number of aryl methyl sites for hydroxylation is 2. The summed E-state index contributed by atoms with van der Waals surface area (Å²) < 4.78 is 13.5. The number of anilines is 1. The molecule has 1 atom stereocenters. The van der Waals surface area contributed by atoms with Gasteiger partial charge in [-0.05, 0) is 55.3 Å². The lowest BCUT2D eigenvalue weighted by Crippen LogP contribution is -2.25. The molecule has 1 aliphatic heterocycles. The van der Waals surface area contributed by atoms with Crippen molar-refractivity contribution in [3.8, 4) is 11.5 Å². The van der Waals surface area contributed by atoms with Crippen molar-refractivity contribution < 1.29 is 14.3 Å². The highest BCUT2D eigenvalue weighted by Gasteiger charge is 2.35. The first-order chi connectivity index (χ1) is 16.5. The van der Waals surface area contributed by atoms with E-state index in [0.717, 1.165) is 45.2 Å². The average Bonchev–Trinajstić information content (AvgIpc) is 3.41. The Morgan fingerprint density at radius 3 is 2.68 bits per heavy atom. The molecule has 1 fully saturated rings. The summed E-state index contributed by atoms with van der Waals surface area (Å²) in [4.78, 5) is 19.9. The van der Waals surface area contributed by atoms with Crippen LogP contribution in [0.4, 0.5) is 5.69 Å². The molecule has 0 spiro atoms. The summed E-state index contributed by atoms with van der Waals surface area (Å²) in [5.74, 6) is 2.64. The van der Waals surface area contributed by atoms with E-state index in [2.05, 4.69) is 42.7 Å². The molecule has 0 saturated carbocycles. The van der Waals surface area contributed by atoms with Crippen molar-refractivity contribution in [2.24, 2.45) is 0 Å². The summed E-state index contributed by atoms with van der Waals surface area (Å²) in [6, 6.07) is 22.0. The van der Waals surface area contributed by atoms with Gasteiger partial charge >= 0.3 is 0 Å². The zero-order valence-electron chi connectivity index (χ0n) is 19.8. The van der Waals surface area contributed by atoms with E-state index in [-0.39, 0.29) is 11.8 Å². The zero-order valence-corrected chi connectivity index (χ0v) is 19.8. The second-order valence-electron chi connectivity index (χ2n) is 8.83. The standard InChI is InChI=1S/C28H29N3O3/c1-19-11-12-20(2)26(15-19)31-18-21(16-27(31)32)28-29-24-9-4-5-10-25(24)30(28)13-14-34-23-8-6-7-22(17-23)33-3/h4-12,15,17,21H,13-14,16,18H2,1-3H3. The van der Waals surface area contributed by atoms with Crippen molar-refractivity contribution in [1.82, 2.24) is 9.55 Å². The largest absolute Gasteiger partial charge is 0.497 e. The molecule has 5 rings (SSSR count). The number of carbonyl (C=O) groups is 1. The Bertz CT molecular complexity index is 1340. The highest BCUT2D eigenvalue weighted by Crippen LogP contribution is 2.35. The summed E-state index contributed by atoms with van der Waals surface area (Å²) in [6.45, 7) is 5.87. The Kier molecular flexibility index (Phi) is 5.97. The van der Waals surface area contributed by atoms with Gasteiger partial charge in [-0.15, -0.1) is 0 Å². The number of rotatable bonds is 7. The molecule has 1 saturated heterocycles. The van der Waals surface area contributed by atoms with Gasteiger partial charge in [0.25, 0.3) is 0 Å². The summed E-state index contributed by atoms with van der Waals surface area (Å²) in [6.07, 6.45) is 0.452. The Hall–Kier alpha value is -3.80. The number of methoxy groups -OCH3 is 1. The molecule has 1 amide bonds. The summed E-state index contributed by atoms with van der Waals surface area (Å²) in [7, 11) is 1.65. The van der Waals surface area contributed by atoms with E-state index in [9.17, 15) is 4.79 Å². The fourth-order valence-corrected chi connectivity index (χ4v) is 4.71. The number of nitrogens with zero attached hydrogens (tertiary/aromatic N) is 3. The highest BCUT2D eigenvalue weighted by atomic mass is 16.5. The Labute approximate surface area is 199 Å². The number of benzene rings is 3. The maximum atomic E-state index is 13.1. The van der Waals surface area contributed by atoms with Gasteiger partial charge in [0.1, 0.15) is 23.9 Å². The van der Waals surface area contributed by atoms with Crippen LogP contribution in [0.1, 0.15) is 29.3 Å². The van der Waals surface area contributed by atoms with Crippen LogP contribution in [0.15, 0.2) is 66.7 Å². The van der Waals surface area contributed by atoms with Crippen LogP contribution in [0, 0.1) is 13.8 Å². The van der Waals surface area contributed by atoms with Gasteiger partial charge < -0.3 is 18.9 Å². The number of amides is 1. The zero-order chi connectivity index (χ0) is 23.7. The third-order valence-corrected chi connectivity index (χ3v) is 6.45. The van der Waals surface area contributed by atoms with Gasteiger partial charge in [-0.3, -0.25) is 4.79 Å².